The minimum absolute atomic E-state index is 0.00951. The number of halogens is 3. The predicted molar refractivity (Wildman–Crippen MR) is 139 cm³/mol. The maximum Gasteiger partial charge on any atom is 0.389 e. The number of urea groups is 1. The third kappa shape index (κ3) is 5.76. The molecule has 2 amide bonds. The van der Waals surface area contributed by atoms with Crippen LogP contribution in [0.25, 0.3) is 11.1 Å². The maximum absolute atomic E-state index is 12.9. The van der Waals surface area contributed by atoms with Crippen LogP contribution >= 0.6 is 0 Å². The number of carbonyl (C=O) groups is 1. The van der Waals surface area contributed by atoms with Crippen molar-refractivity contribution in [1.82, 2.24) is 9.88 Å². The van der Waals surface area contributed by atoms with E-state index in [9.17, 15) is 23.1 Å². The van der Waals surface area contributed by atoms with E-state index >= 15 is 0 Å². The van der Waals surface area contributed by atoms with Crippen LogP contribution in [-0.4, -0.2) is 66.1 Å². The van der Waals surface area contributed by atoms with E-state index < -0.39 is 18.5 Å². The van der Waals surface area contributed by atoms with E-state index in [0.29, 0.717) is 37.0 Å². The minimum atomic E-state index is -4.22. The van der Waals surface area contributed by atoms with Crippen molar-refractivity contribution in [3.63, 3.8) is 0 Å². The highest BCUT2D eigenvalue weighted by molar-refractivity contribution is 5.90. The Morgan fingerprint density at radius 3 is 2.87 bits per heavy atom. The van der Waals surface area contributed by atoms with Crippen LogP contribution in [-0.2, 0) is 10.2 Å². The molecule has 3 aliphatic rings. The Balaban J connectivity index is 1.39. The maximum atomic E-state index is 12.9. The number of benzene rings is 1. The molecule has 3 N–H and O–H groups in total. The van der Waals surface area contributed by atoms with E-state index in [1.165, 1.54) is 4.90 Å². The van der Waals surface area contributed by atoms with E-state index in [-0.39, 0.29) is 30.6 Å². The van der Waals surface area contributed by atoms with Crippen molar-refractivity contribution in [2.45, 2.75) is 57.2 Å². The second-order valence-corrected chi connectivity index (χ2v) is 11.1. The summed E-state index contributed by atoms with van der Waals surface area (Å²) in [5, 5.41) is 15.7. The smallest absolute Gasteiger partial charge is 0.389 e. The number of hydrogen-bond donors (Lipinski definition) is 3. The zero-order valence-corrected chi connectivity index (χ0v) is 21.8. The van der Waals surface area contributed by atoms with Crippen molar-refractivity contribution in [3.05, 3.63) is 41.6 Å². The molecule has 2 aromatic rings. The van der Waals surface area contributed by atoms with Crippen LogP contribution in [0.3, 0.4) is 0 Å². The van der Waals surface area contributed by atoms with Gasteiger partial charge < -0.3 is 25.4 Å². The number of rotatable bonds is 7. The number of amides is 2. The third-order valence-electron chi connectivity index (χ3n) is 8.14. The first-order chi connectivity index (χ1) is 18.1. The van der Waals surface area contributed by atoms with E-state index in [1.54, 1.807) is 0 Å². The molecular formula is C28H35F3N4O3. The second-order valence-electron chi connectivity index (χ2n) is 11.1. The number of aryl methyl sites for hydroxylation is 1. The summed E-state index contributed by atoms with van der Waals surface area (Å²) < 4.78 is 44.0. The molecule has 3 heterocycles. The molecule has 7 nitrogen and oxygen atoms in total. The van der Waals surface area contributed by atoms with Gasteiger partial charge in [-0.1, -0.05) is 6.07 Å². The van der Waals surface area contributed by atoms with Gasteiger partial charge in [-0.2, -0.15) is 13.2 Å². The summed E-state index contributed by atoms with van der Waals surface area (Å²) in [6, 6.07) is 9.17. The highest BCUT2D eigenvalue weighted by Crippen LogP contribution is 2.58. The van der Waals surface area contributed by atoms with E-state index in [2.05, 4.69) is 16.7 Å². The molecule has 10 heteroatoms. The molecule has 2 aliphatic heterocycles. The van der Waals surface area contributed by atoms with Gasteiger partial charge in [0.15, 0.2) is 0 Å². The molecule has 1 unspecified atom stereocenters. The van der Waals surface area contributed by atoms with Crippen LogP contribution in [0, 0.1) is 18.8 Å². The Labute approximate surface area is 220 Å². The van der Waals surface area contributed by atoms with Crippen molar-refractivity contribution in [2.75, 3.05) is 43.5 Å². The first-order valence-corrected chi connectivity index (χ1v) is 13.3. The van der Waals surface area contributed by atoms with Crippen molar-refractivity contribution in [3.8, 4) is 11.1 Å². The number of alkyl halides is 3. The van der Waals surface area contributed by atoms with Crippen LogP contribution in [0.4, 0.5) is 29.5 Å². The zero-order chi connectivity index (χ0) is 27.1. The average molecular weight is 533 g/mol. The second kappa shape index (κ2) is 10.4. The number of carbonyl (C=O) groups excluding carboxylic acids is 1. The van der Waals surface area contributed by atoms with Crippen molar-refractivity contribution < 1.29 is 27.8 Å². The molecule has 4 atom stereocenters. The van der Waals surface area contributed by atoms with Crippen LogP contribution in [0.5, 0.6) is 0 Å². The fraction of sp³-hybridized carbons (Fsp3) is 0.571. The number of ether oxygens (including phenoxy) is 1. The first kappa shape index (κ1) is 26.7. The molecule has 1 aromatic heterocycles. The number of pyridine rings is 1. The summed E-state index contributed by atoms with van der Waals surface area (Å²) in [4.78, 5) is 19.2. The summed E-state index contributed by atoms with van der Waals surface area (Å²) in [6.07, 6.45) is -2.78. The van der Waals surface area contributed by atoms with Gasteiger partial charge in [-0.25, -0.2) is 9.78 Å². The van der Waals surface area contributed by atoms with Gasteiger partial charge >= 0.3 is 12.2 Å². The molecule has 1 saturated carbocycles. The standard InChI is InChI=1S/C28H35F3N4O3/c1-17-3-4-22(33-26(37)35-7-5-19(14-35)12-28(29,30)31)11-23(17)20-9-24(27-6-8-38-16-21(27)13-27)34-25(10-20)32-18(2)15-36/h3-4,9-11,18-19,21,36H,5-8,12-16H2,1-2H3,(H,32,34)(H,33,37)/t18?,19-,21+,27-/m0/s1. The molecule has 0 radical (unpaired) electrons. The monoisotopic (exact) mass is 532 g/mol. The van der Waals surface area contributed by atoms with Crippen LogP contribution < -0.4 is 10.6 Å². The lowest BCUT2D eigenvalue weighted by molar-refractivity contribution is -0.143. The zero-order valence-electron chi connectivity index (χ0n) is 21.8. The number of hydrogen-bond acceptors (Lipinski definition) is 5. The molecular weight excluding hydrogens is 497 g/mol. The Morgan fingerprint density at radius 2 is 2.13 bits per heavy atom. The number of fused-ring (bicyclic) bond motifs is 1. The van der Waals surface area contributed by atoms with Gasteiger partial charge in [0.1, 0.15) is 5.82 Å². The number of nitrogens with one attached hydrogen (secondary N) is 2. The fourth-order valence-corrected chi connectivity index (χ4v) is 5.86. The van der Waals surface area contributed by atoms with Gasteiger partial charge in [0.05, 0.1) is 18.9 Å². The van der Waals surface area contributed by atoms with E-state index in [1.807, 2.05) is 38.1 Å². The van der Waals surface area contributed by atoms with E-state index in [4.69, 9.17) is 9.72 Å². The van der Waals surface area contributed by atoms with Crippen molar-refractivity contribution in [1.29, 1.82) is 0 Å². The minimum Gasteiger partial charge on any atom is -0.394 e. The van der Waals surface area contributed by atoms with Gasteiger partial charge in [-0.3, -0.25) is 0 Å². The lowest BCUT2D eigenvalue weighted by Gasteiger charge is -2.24. The molecule has 0 spiro atoms. The number of likely N-dealkylation sites (tertiary alicyclic amines) is 1. The molecule has 0 bridgehead atoms. The van der Waals surface area contributed by atoms with Crippen molar-refractivity contribution in [2.24, 2.45) is 11.8 Å². The summed E-state index contributed by atoms with van der Waals surface area (Å²) in [6.45, 7) is 5.72. The molecule has 38 heavy (non-hydrogen) atoms. The number of aliphatic hydroxyl groups is 1. The number of aliphatic hydroxyl groups excluding tert-OH is 1. The molecule has 3 fully saturated rings. The van der Waals surface area contributed by atoms with Gasteiger partial charge in [0.25, 0.3) is 0 Å². The first-order valence-electron chi connectivity index (χ1n) is 13.3. The quantitative estimate of drug-likeness (QED) is 0.449. The Kier molecular flexibility index (Phi) is 7.30. The largest absolute Gasteiger partial charge is 0.394 e. The van der Waals surface area contributed by atoms with E-state index in [0.717, 1.165) is 41.8 Å². The highest BCUT2D eigenvalue weighted by Gasteiger charge is 2.57. The molecule has 2 saturated heterocycles. The molecule has 5 rings (SSSR count). The number of nitrogens with zero attached hydrogens (tertiary/aromatic N) is 2. The topological polar surface area (TPSA) is 86.7 Å². The number of anilines is 2. The van der Waals surface area contributed by atoms with Crippen LogP contribution in [0.2, 0.25) is 0 Å². The van der Waals surface area contributed by atoms with Gasteiger partial charge in [0.2, 0.25) is 0 Å². The summed E-state index contributed by atoms with van der Waals surface area (Å²) in [7, 11) is 0. The lowest BCUT2D eigenvalue weighted by atomic mass is 9.90. The summed E-state index contributed by atoms with van der Waals surface area (Å²) in [5.41, 5.74) is 4.51. The summed E-state index contributed by atoms with van der Waals surface area (Å²) in [5.74, 6) is 0.579. The lowest BCUT2D eigenvalue weighted by Crippen LogP contribution is -2.33. The van der Waals surface area contributed by atoms with Crippen molar-refractivity contribution >= 4 is 17.5 Å². The summed E-state index contributed by atoms with van der Waals surface area (Å²) >= 11 is 0. The van der Waals surface area contributed by atoms with Crippen LogP contribution in [0.15, 0.2) is 30.3 Å². The average Bonchev–Trinajstić information content (AvgIpc) is 3.46. The number of aromatic nitrogens is 1. The predicted octanol–water partition coefficient (Wildman–Crippen LogP) is 5.33. The third-order valence-corrected chi connectivity index (χ3v) is 8.14. The normalized spacial score (nSPS) is 25.6. The Morgan fingerprint density at radius 1 is 1.32 bits per heavy atom. The molecule has 1 aromatic carbocycles. The van der Waals surface area contributed by atoms with Gasteiger partial charge in [0, 0.05) is 43.3 Å². The SMILES string of the molecule is Cc1ccc(NC(=O)N2CC[C@@H](CC(F)(F)F)C2)cc1-c1cc(NC(C)CO)nc([C@]23CCOC[C@H]2C3)c1. The van der Waals surface area contributed by atoms with Gasteiger partial charge in [-0.15, -0.1) is 0 Å². The fourth-order valence-electron chi connectivity index (χ4n) is 5.86. The van der Waals surface area contributed by atoms with Crippen LogP contribution in [0.1, 0.15) is 43.9 Å². The molecule has 1 aliphatic carbocycles. The van der Waals surface area contributed by atoms with Gasteiger partial charge in [-0.05, 0) is 85.9 Å². The Bertz CT molecular complexity index is 1190. The highest BCUT2D eigenvalue weighted by atomic mass is 19.4. The Hall–Kier alpha value is -2.85. The molecule has 206 valence electrons.